The van der Waals surface area contributed by atoms with E-state index in [0.717, 1.165) is 25.8 Å². The molecule has 2 N–H and O–H groups in total. The van der Waals surface area contributed by atoms with Crippen molar-refractivity contribution >= 4 is 43.5 Å². The lowest BCUT2D eigenvalue weighted by Gasteiger charge is -2.15. The summed E-state index contributed by atoms with van der Waals surface area (Å²) in [5.41, 5.74) is 7.86. The second kappa shape index (κ2) is 6.94. The molecule has 0 saturated carbocycles. The highest BCUT2D eigenvalue weighted by molar-refractivity contribution is 9.10. The molecule has 0 saturated heterocycles. The first-order valence-electron chi connectivity index (χ1n) is 6.09. The van der Waals surface area contributed by atoms with Crippen molar-refractivity contribution < 1.29 is 4.74 Å². The molecule has 0 radical (unpaired) electrons. The zero-order valence-electron chi connectivity index (χ0n) is 10.9. The van der Waals surface area contributed by atoms with E-state index in [-0.39, 0.29) is 6.04 Å². The Labute approximate surface area is 140 Å². The van der Waals surface area contributed by atoms with Gasteiger partial charge in [0.2, 0.25) is 0 Å². The summed E-state index contributed by atoms with van der Waals surface area (Å²) in [6.45, 7) is 2.34. The largest absolute Gasteiger partial charge is 0.488 e. The molecule has 0 bridgehead atoms. The molecule has 0 heterocycles. The van der Waals surface area contributed by atoms with Gasteiger partial charge in [-0.2, -0.15) is 0 Å². The van der Waals surface area contributed by atoms with E-state index in [1.165, 1.54) is 0 Å². The molecule has 0 fully saturated rings. The maximum absolute atomic E-state index is 6.19. The van der Waals surface area contributed by atoms with Crippen molar-refractivity contribution in [2.24, 2.45) is 5.73 Å². The summed E-state index contributed by atoms with van der Waals surface area (Å²) < 4.78 is 7.78. The van der Waals surface area contributed by atoms with Gasteiger partial charge in [-0.25, -0.2) is 0 Å². The molecule has 0 aromatic heterocycles. The summed E-state index contributed by atoms with van der Waals surface area (Å²) in [4.78, 5) is 0. The number of hydrogen-bond donors (Lipinski definition) is 1. The van der Waals surface area contributed by atoms with Gasteiger partial charge in [0.15, 0.2) is 0 Å². The van der Waals surface area contributed by atoms with Crippen LogP contribution in [0.25, 0.3) is 0 Å². The third-order valence-corrected chi connectivity index (χ3v) is 4.20. The number of ether oxygens (including phenoxy) is 1. The van der Waals surface area contributed by atoms with E-state index in [1.54, 1.807) is 0 Å². The van der Waals surface area contributed by atoms with Gasteiger partial charge in [-0.05, 0) is 31.2 Å². The number of rotatable bonds is 4. The van der Waals surface area contributed by atoms with Crippen LogP contribution >= 0.6 is 43.5 Å². The van der Waals surface area contributed by atoms with Crippen LogP contribution in [0.2, 0.25) is 5.02 Å². The van der Waals surface area contributed by atoms with Gasteiger partial charge in [-0.15, -0.1) is 0 Å². The summed E-state index contributed by atoms with van der Waals surface area (Å²) in [5, 5.41) is 0.678. The Hall–Kier alpha value is -0.550. The second-order valence-electron chi connectivity index (χ2n) is 4.50. The Morgan fingerprint density at radius 3 is 2.45 bits per heavy atom. The molecule has 106 valence electrons. The predicted octanol–water partition coefficient (Wildman–Crippen LogP) is 5.46. The summed E-state index contributed by atoms with van der Waals surface area (Å²) in [6, 6.07) is 11.5. The van der Waals surface area contributed by atoms with Gasteiger partial charge in [0.05, 0.1) is 0 Å². The van der Waals surface area contributed by atoms with Gasteiger partial charge in [-0.3, -0.25) is 0 Å². The lowest BCUT2D eigenvalue weighted by atomic mass is 10.1. The first-order valence-corrected chi connectivity index (χ1v) is 8.05. The van der Waals surface area contributed by atoms with Gasteiger partial charge in [-0.1, -0.05) is 55.6 Å². The van der Waals surface area contributed by atoms with E-state index >= 15 is 0 Å². The van der Waals surface area contributed by atoms with Crippen molar-refractivity contribution in [3.8, 4) is 5.75 Å². The normalized spacial score (nSPS) is 12.2. The fourth-order valence-electron chi connectivity index (χ4n) is 1.80. The van der Waals surface area contributed by atoms with Crippen LogP contribution in [0.5, 0.6) is 5.75 Å². The maximum Gasteiger partial charge on any atom is 0.125 e. The highest BCUT2D eigenvalue weighted by Gasteiger charge is 2.10. The van der Waals surface area contributed by atoms with Crippen LogP contribution in [0.1, 0.15) is 24.1 Å². The Bertz CT molecular complexity index is 617. The van der Waals surface area contributed by atoms with Gasteiger partial charge in [0.1, 0.15) is 12.4 Å². The lowest BCUT2D eigenvalue weighted by molar-refractivity contribution is 0.301. The molecule has 5 heteroatoms. The van der Waals surface area contributed by atoms with E-state index in [2.05, 4.69) is 31.9 Å². The molecule has 2 aromatic rings. The van der Waals surface area contributed by atoms with E-state index in [4.69, 9.17) is 22.1 Å². The molecule has 2 aromatic carbocycles. The van der Waals surface area contributed by atoms with Crippen molar-refractivity contribution in [2.75, 3.05) is 0 Å². The molecule has 0 unspecified atom stereocenters. The zero-order chi connectivity index (χ0) is 14.7. The average molecular weight is 420 g/mol. The van der Waals surface area contributed by atoms with Crippen LogP contribution in [-0.4, -0.2) is 0 Å². The third kappa shape index (κ3) is 3.98. The smallest absolute Gasteiger partial charge is 0.125 e. The maximum atomic E-state index is 6.19. The van der Waals surface area contributed by atoms with E-state index in [1.807, 2.05) is 43.3 Å². The van der Waals surface area contributed by atoms with Crippen molar-refractivity contribution in [3.05, 3.63) is 61.5 Å². The molecular weight excluding hydrogens is 405 g/mol. The lowest BCUT2D eigenvalue weighted by Crippen LogP contribution is -2.08. The Morgan fingerprint density at radius 1 is 1.15 bits per heavy atom. The van der Waals surface area contributed by atoms with Crippen LogP contribution in [0, 0.1) is 0 Å². The summed E-state index contributed by atoms with van der Waals surface area (Å²) in [7, 11) is 0. The monoisotopic (exact) mass is 417 g/mol. The second-order valence-corrected chi connectivity index (χ2v) is 6.73. The molecule has 0 spiro atoms. The van der Waals surface area contributed by atoms with E-state index in [9.17, 15) is 0 Å². The molecule has 0 aliphatic rings. The molecule has 0 aliphatic heterocycles. The number of benzene rings is 2. The fourth-order valence-corrected chi connectivity index (χ4v) is 2.87. The topological polar surface area (TPSA) is 35.2 Å². The van der Waals surface area contributed by atoms with E-state index in [0.29, 0.717) is 11.6 Å². The highest BCUT2D eigenvalue weighted by atomic mass is 79.9. The summed E-state index contributed by atoms with van der Waals surface area (Å²) in [6.07, 6.45) is 0. The minimum atomic E-state index is -0.0847. The molecule has 2 nitrogen and oxygen atoms in total. The Morgan fingerprint density at radius 2 is 1.80 bits per heavy atom. The van der Waals surface area contributed by atoms with Crippen molar-refractivity contribution in [2.45, 2.75) is 19.6 Å². The third-order valence-electron chi connectivity index (χ3n) is 2.86. The SMILES string of the molecule is C[C@H](N)c1ccc(Br)cc1OCc1ccc(Br)cc1Cl. The Balaban J connectivity index is 2.20. The van der Waals surface area contributed by atoms with Crippen LogP contribution in [0.4, 0.5) is 0 Å². The average Bonchev–Trinajstić information content (AvgIpc) is 2.37. The van der Waals surface area contributed by atoms with Crippen molar-refractivity contribution in [1.82, 2.24) is 0 Å². The molecular formula is C15H14Br2ClNO. The number of hydrogen-bond acceptors (Lipinski definition) is 2. The summed E-state index contributed by atoms with van der Waals surface area (Å²) in [5.74, 6) is 0.772. The van der Waals surface area contributed by atoms with Crippen molar-refractivity contribution in [1.29, 1.82) is 0 Å². The molecule has 0 aliphatic carbocycles. The van der Waals surface area contributed by atoms with E-state index < -0.39 is 0 Å². The first-order chi connectivity index (χ1) is 9.47. The fraction of sp³-hybridized carbons (Fsp3) is 0.200. The standard InChI is InChI=1S/C15H14Br2ClNO/c1-9(19)13-5-4-12(17)7-15(13)20-8-10-2-3-11(16)6-14(10)18/h2-7,9H,8,19H2,1H3/t9-/m0/s1. The molecule has 2 rings (SSSR count). The molecule has 0 amide bonds. The molecule has 1 atom stereocenters. The van der Waals surface area contributed by atoms with Crippen LogP contribution in [0.15, 0.2) is 45.3 Å². The number of nitrogens with two attached hydrogens (primary N) is 1. The van der Waals surface area contributed by atoms with Crippen LogP contribution in [0.3, 0.4) is 0 Å². The van der Waals surface area contributed by atoms with Gasteiger partial charge >= 0.3 is 0 Å². The van der Waals surface area contributed by atoms with Crippen molar-refractivity contribution in [3.63, 3.8) is 0 Å². The quantitative estimate of drug-likeness (QED) is 0.714. The Kier molecular flexibility index (Phi) is 5.49. The van der Waals surface area contributed by atoms with Crippen LogP contribution in [-0.2, 0) is 6.61 Å². The first kappa shape index (κ1) is 15.8. The summed E-state index contributed by atoms with van der Waals surface area (Å²) >= 11 is 13.0. The number of halogens is 3. The van der Waals surface area contributed by atoms with Gasteiger partial charge < -0.3 is 10.5 Å². The van der Waals surface area contributed by atoms with Gasteiger partial charge in [0.25, 0.3) is 0 Å². The highest BCUT2D eigenvalue weighted by Crippen LogP contribution is 2.29. The van der Waals surface area contributed by atoms with Crippen LogP contribution < -0.4 is 10.5 Å². The van der Waals surface area contributed by atoms with Gasteiger partial charge in [0, 0.05) is 31.1 Å². The predicted molar refractivity (Wildman–Crippen MR) is 90.2 cm³/mol. The minimum absolute atomic E-state index is 0.0847. The molecule has 20 heavy (non-hydrogen) atoms. The minimum Gasteiger partial charge on any atom is -0.488 e. The zero-order valence-corrected chi connectivity index (χ0v) is 14.8.